The van der Waals surface area contributed by atoms with Gasteiger partial charge in [0, 0.05) is 0 Å². The molecule has 1 nitrogen and oxygen atoms in total. The fourth-order valence-corrected chi connectivity index (χ4v) is 1.48. The lowest BCUT2D eigenvalue weighted by atomic mass is 9.83. The highest BCUT2D eigenvalue weighted by Gasteiger charge is 2.37. The van der Waals surface area contributed by atoms with Gasteiger partial charge >= 0.3 is 6.18 Å². The molecule has 0 saturated heterocycles. The summed E-state index contributed by atoms with van der Waals surface area (Å²) in [4.78, 5) is 0. The van der Waals surface area contributed by atoms with Crippen molar-refractivity contribution in [2.75, 3.05) is 0 Å². The summed E-state index contributed by atoms with van der Waals surface area (Å²) in [5.74, 6) is -0.970. The van der Waals surface area contributed by atoms with E-state index in [0.29, 0.717) is 6.07 Å². The maximum Gasteiger partial charge on any atom is 0.416 e. The topological polar surface area (TPSA) is 20.2 Å². The number of aliphatic hydroxyl groups excluding tert-OH is 1. The van der Waals surface area contributed by atoms with Crippen molar-refractivity contribution >= 4 is 0 Å². The lowest BCUT2D eigenvalue weighted by Crippen LogP contribution is -2.22. The number of hydrogen-bond acceptors (Lipinski definition) is 1. The highest BCUT2D eigenvalue weighted by atomic mass is 19.4. The maximum atomic E-state index is 12.9. The van der Waals surface area contributed by atoms with Crippen molar-refractivity contribution in [3.8, 4) is 0 Å². The van der Waals surface area contributed by atoms with E-state index < -0.39 is 29.1 Å². The molecule has 0 aliphatic rings. The molecule has 96 valence electrons. The number of aliphatic hydroxyl groups is 1. The van der Waals surface area contributed by atoms with Crippen molar-refractivity contribution in [2.24, 2.45) is 5.41 Å². The Kier molecular flexibility index (Phi) is 3.52. The second-order valence-electron chi connectivity index (χ2n) is 5.00. The summed E-state index contributed by atoms with van der Waals surface area (Å²) in [7, 11) is 0. The Morgan fingerprint density at radius 1 is 1.12 bits per heavy atom. The normalized spacial score (nSPS) is 14.8. The minimum absolute atomic E-state index is 0.300. The molecule has 17 heavy (non-hydrogen) atoms. The van der Waals surface area contributed by atoms with Gasteiger partial charge in [0.2, 0.25) is 0 Å². The van der Waals surface area contributed by atoms with E-state index in [2.05, 4.69) is 0 Å². The molecule has 1 unspecified atom stereocenters. The number of alkyl halides is 3. The first-order valence-corrected chi connectivity index (χ1v) is 5.08. The van der Waals surface area contributed by atoms with Crippen molar-refractivity contribution in [2.45, 2.75) is 33.1 Å². The van der Waals surface area contributed by atoms with Crippen LogP contribution < -0.4 is 0 Å². The standard InChI is InChI=1S/C12H14F4O/c1-11(2,3)10(17)8-5-4-7(13)6-9(8)12(14,15)16/h4-6,10,17H,1-3H3. The molecule has 0 fully saturated rings. The van der Waals surface area contributed by atoms with Gasteiger partial charge in [-0.25, -0.2) is 4.39 Å². The van der Waals surface area contributed by atoms with E-state index in [1.54, 1.807) is 20.8 Å². The molecule has 1 aromatic rings. The minimum atomic E-state index is -4.68. The van der Waals surface area contributed by atoms with E-state index >= 15 is 0 Å². The van der Waals surface area contributed by atoms with Crippen LogP contribution in [0, 0.1) is 11.2 Å². The molecule has 0 spiro atoms. The fraction of sp³-hybridized carbons (Fsp3) is 0.500. The Labute approximate surface area is 97.1 Å². The molecule has 0 aromatic heterocycles. The Hall–Kier alpha value is -1.10. The number of benzene rings is 1. The fourth-order valence-electron chi connectivity index (χ4n) is 1.48. The van der Waals surface area contributed by atoms with Crippen LogP contribution >= 0.6 is 0 Å². The van der Waals surface area contributed by atoms with Gasteiger partial charge in [0.25, 0.3) is 0 Å². The van der Waals surface area contributed by atoms with Crippen LogP contribution in [0.4, 0.5) is 17.6 Å². The van der Waals surface area contributed by atoms with Gasteiger partial charge < -0.3 is 5.11 Å². The first-order valence-electron chi connectivity index (χ1n) is 5.08. The number of rotatable bonds is 1. The van der Waals surface area contributed by atoms with Crippen LogP contribution in [0.2, 0.25) is 0 Å². The smallest absolute Gasteiger partial charge is 0.388 e. The Morgan fingerprint density at radius 2 is 1.65 bits per heavy atom. The molecule has 0 bridgehead atoms. The first-order chi connectivity index (χ1) is 7.53. The monoisotopic (exact) mass is 250 g/mol. The van der Waals surface area contributed by atoms with E-state index in [4.69, 9.17) is 0 Å². The zero-order valence-electron chi connectivity index (χ0n) is 9.77. The average molecular weight is 250 g/mol. The average Bonchev–Trinajstić information content (AvgIpc) is 2.14. The molecule has 1 aromatic carbocycles. The summed E-state index contributed by atoms with van der Waals surface area (Å²) in [6, 6.07) is 2.30. The predicted octanol–water partition coefficient (Wildman–Crippen LogP) is 3.92. The molecule has 1 atom stereocenters. The van der Waals surface area contributed by atoms with Crippen LogP contribution in [-0.2, 0) is 6.18 Å². The van der Waals surface area contributed by atoms with E-state index in [9.17, 15) is 22.7 Å². The SMILES string of the molecule is CC(C)(C)C(O)c1ccc(F)cc1C(F)(F)F. The van der Waals surface area contributed by atoms with Crippen molar-refractivity contribution in [1.82, 2.24) is 0 Å². The van der Waals surface area contributed by atoms with Crippen molar-refractivity contribution in [3.63, 3.8) is 0 Å². The van der Waals surface area contributed by atoms with E-state index in [-0.39, 0.29) is 5.56 Å². The summed E-state index contributed by atoms with van der Waals surface area (Å²) >= 11 is 0. The zero-order valence-corrected chi connectivity index (χ0v) is 9.77. The van der Waals surface area contributed by atoms with Crippen LogP contribution in [0.5, 0.6) is 0 Å². The summed E-state index contributed by atoms with van der Waals surface area (Å²) in [5.41, 5.74) is -2.18. The predicted molar refractivity (Wildman–Crippen MR) is 55.8 cm³/mol. The quantitative estimate of drug-likeness (QED) is 0.749. The van der Waals surface area contributed by atoms with E-state index in [1.807, 2.05) is 0 Å². The van der Waals surface area contributed by atoms with Gasteiger partial charge in [-0.2, -0.15) is 13.2 Å². The molecule has 0 heterocycles. The van der Waals surface area contributed by atoms with Gasteiger partial charge in [0.1, 0.15) is 5.82 Å². The highest BCUT2D eigenvalue weighted by Crippen LogP contribution is 2.40. The van der Waals surface area contributed by atoms with Gasteiger partial charge in [-0.3, -0.25) is 0 Å². The van der Waals surface area contributed by atoms with Gasteiger partial charge in [-0.05, 0) is 23.1 Å². The molecule has 0 amide bonds. The second-order valence-corrected chi connectivity index (χ2v) is 5.00. The van der Waals surface area contributed by atoms with E-state index in [0.717, 1.165) is 12.1 Å². The third kappa shape index (κ3) is 3.19. The largest absolute Gasteiger partial charge is 0.416 e. The molecule has 1 N–H and O–H groups in total. The van der Waals surface area contributed by atoms with Crippen LogP contribution in [0.25, 0.3) is 0 Å². The van der Waals surface area contributed by atoms with E-state index in [1.165, 1.54) is 0 Å². The highest BCUT2D eigenvalue weighted by molar-refractivity contribution is 5.33. The molecule has 5 heteroatoms. The molecule has 0 radical (unpaired) electrons. The summed E-state index contributed by atoms with van der Waals surface area (Å²) in [5, 5.41) is 9.87. The van der Waals surface area contributed by atoms with Gasteiger partial charge in [-0.1, -0.05) is 26.8 Å². The summed E-state index contributed by atoms with van der Waals surface area (Å²) < 4.78 is 51.0. The molecule has 1 rings (SSSR count). The summed E-state index contributed by atoms with van der Waals surface area (Å²) in [6.07, 6.45) is -5.98. The van der Waals surface area contributed by atoms with Crippen LogP contribution in [-0.4, -0.2) is 5.11 Å². The Balaban J connectivity index is 3.34. The maximum absolute atomic E-state index is 12.9. The number of hydrogen-bond donors (Lipinski definition) is 1. The first kappa shape index (κ1) is 14.0. The number of halogens is 4. The third-order valence-electron chi connectivity index (χ3n) is 2.44. The molecule has 0 saturated carbocycles. The third-order valence-corrected chi connectivity index (χ3v) is 2.44. The van der Waals surface area contributed by atoms with Crippen molar-refractivity contribution < 1.29 is 22.7 Å². The van der Waals surface area contributed by atoms with Crippen molar-refractivity contribution in [3.05, 3.63) is 35.1 Å². The van der Waals surface area contributed by atoms with Crippen LogP contribution in [0.15, 0.2) is 18.2 Å². The van der Waals surface area contributed by atoms with Gasteiger partial charge in [-0.15, -0.1) is 0 Å². The Bertz CT molecular complexity index is 404. The molecular weight excluding hydrogens is 236 g/mol. The zero-order chi connectivity index (χ0) is 13.4. The van der Waals surface area contributed by atoms with Gasteiger partial charge in [0.15, 0.2) is 0 Å². The van der Waals surface area contributed by atoms with Crippen LogP contribution in [0.3, 0.4) is 0 Å². The van der Waals surface area contributed by atoms with Crippen molar-refractivity contribution in [1.29, 1.82) is 0 Å². The lowest BCUT2D eigenvalue weighted by molar-refractivity contribution is -0.140. The molecule has 0 aliphatic carbocycles. The summed E-state index contributed by atoms with van der Waals surface area (Å²) in [6.45, 7) is 4.84. The molecular formula is C12H14F4O. The lowest BCUT2D eigenvalue weighted by Gasteiger charge is -2.28. The second kappa shape index (κ2) is 4.29. The van der Waals surface area contributed by atoms with Gasteiger partial charge in [0.05, 0.1) is 11.7 Å². The minimum Gasteiger partial charge on any atom is -0.388 e. The molecule has 0 aliphatic heterocycles. The van der Waals surface area contributed by atoms with Crippen LogP contribution in [0.1, 0.15) is 38.0 Å². The Morgan fingerprint density at radius 3 is 2.06 bits per heavy atom.